The van der Waals surface area contributed by atoms with E-state index in [9.17, 15) is 9.59 Å². The van der Waals surface area contributed by atoms with Crippen LogP contribution in [0.3, 0.4) is 0 Å². The van der Waals surface area contributed by atoms with E-state index in [1.807, 2.05) is 60.7 Å². The van der Waals surface area contributed by atoms with E-state index >= 15 is 0 Å². The van der Waals surface area contributed by atoms with E-state index in [0.717, 1.165) is 16.8 Å². The Kier molecular flexibility index (Phi) is 4.83. The first-order valence-electron chi connectivity index (χ1n) is 9.22. The van der Waals surface area contributed by atoms with Gasteiger partial charge in [0.15, 0.2) is 0 Å². The second-order valence-electron chi connectivity index (χ2n) is 6.71. The normalized spacial score (nSPS) is 14.1. The van der Waals surface area contributed by atoms with Crippen molar-refractivity contribution in [3.63, 3.8) is 0 Å². The molecule has 0 saturated carbocycles. The van der Waals surface area contributed by atoms with Gasteiger partial charge < -0.3 is 5.32 Å². The summed E-state index contributed by atoms with van der Waals surface area (Å²) in [6, 6.07) is 20.7. The molecule has 3 aromatic rings. The maximum Gasteiger partial charge on any atom is 0.277 e. The van der Waals surface area contributed by atoms with E-state index in [-0.39, 0.29) is 11.8 Å². The Hall–Kier alpha value is -3.93. The largest absolute Gasteiger partial charge is 0.326 e. The summed E-state index contributed by atoms with van der Waals surface area (Å²) in [6.07, 6.45) is 3.65. The third-order valence-corrected chi connectivity index (χ3v) is 4.65. The van der Waals surface area contributed by atoms with E-state index in [1.54, 1.807) is 35.4 Å². The molecule has 0 atom stereocenters. The van der Waals surface area contributed by atoms with Gasteiger partial charge in [-0.2, -0.15) is 0 Å². The summed E-state index contributed by atoms with van der Waals surface area (Å²) < 4.78 is 0. The Morgan fingerprint density at radius 1 is 1.03 bits per heavy atom. The lowest BCUT2D eigenvalue weighted by Gasteiger charge is -2.30. The minimum atomic E-state index is -0.162. The van der Waals surface area contributed by atoms with Crippen molar-refractivity contribution < 1.29 is 9.59 Å². The summed E-state index contributed by atoms with van der Waals surface area (Å²) in [5.41, 5.74) is 3.66. The van der Waals surface area contributed by atoms with Crippen LogP contribution in [0.2, 0.25) is 0 Å². The zero-order valence-electron chi connectivity index (χ0n) is 16.2. The summed E-state index contributed by atoms with van der Waals surface area (Å²) in [7, 11) is 1.81. The van der Waals surface area contributed by atoms with Gasteiger partial charge in [-0.05, 0) is 42.0 Å². The van der Waals surface area contributed by atoms with Crippen LogP contribution in [0.1, 0.15) is 28.4 Å². The molecule has 0 aliphatic carbocycles. The number of nitrogens with zero attached hydrogens (tertiary/aromatic N) is 3. The van der Waals surface area contributed by atoms with Gasteiger partial charge in [-0.1, -0.05) is 36.4 Å². The zero-order chi connectivity index (χ0) is 20.4. The van der Waals surface area contributed by atoms with Crippen molar-refractivity contribution in [3.8, 4) is 0 Å². The molecule has 0 saturated heterocycles. The van der Waals surface area contributed by atoms with E-state index in [0.29, 0.717) is 17.1 Å². The number of pyridine rings is 1. The molecule has 6 heteroatoms. The van der Waals surface area contributed by atoms with Gasteiger partial charge in [0.2, 0.25) is 5.91 Å². The second-order valence-corrected chi connectivity index (χ2v) is 6.71. The average molecular weight is 384 g/mol. The molecule has 0 bridgehead atoms. The second kappa shape index (κ2) is 7.59. The number of carbonyl (C=O) groups is 2. The number of hydrazine groups is 1. The van der Waals surface area contributed by atoms with Crippen molar-refractivity contribution >= 4 is 35.1 Å². The number of fused-ring (bicyclic) bond motifs is 1. The molecule has 144 valence electrons. The van der Waals surface area contributed by atoms with Crippen LogP contribution in [0.4, 0.5) is 11.5 Å². The number of aromatic nitrogens is 1. The monoisotopic (exact) mass is 384 g/mol. The molecule has 29 heavy (non-hydrogen) atoms. The highest BCUT2D eigenvalue weighted by Crippen LogP contribution is 2.37. The molecule has 2 heterocycles. The Morgan fingerprint density at radius 2 is 1.79 bits per heavy atom. The van der Waals surface area contributed by atoms with Crippen LogP contribution in [0, 0.1) is 0 Å². The molecule has 0 radical (unpaired) electrons. The van der Waals surface area contributed by atoms with Crippen molar-refractivity contribution in [3.05, 3.63) is 89.6 Å². The topological polar surface area (TPSA) is 65.5 Å². The van der Waals surface area contributed by atoms with Crippen LogP contribution in [-0.4, -0.2) is 28.9 Å². The Bertz CT molecular complexity index is 1090. The number of benzene rings is 2. The highest BCUT2D eigenvalue weighted by atomic mass is 16.2. The smallest absolute Gasteiger partial charge is 0.277 e. The predicted octanol–water partition coefficient (Wildman–Crippen LogP) is 4.05. The Morgan fingerprint density at radius 3 is 2.48 bits per heavy atom. The minimum Gasteiger partial charge on any atom is -0.326 e. The van der Waals surface area contributed by atoms with Crippen LogP contribution >= 0.6 is 0 Å². The molecule has 0 fully saturated rings. The van der Waals surface area contributed by atoms with Crippen molar-refractivity contribution in [2.45, 2.75) is 6.92 Å². The van der Waals surface area contributed by atoms with Crippen molar-refractivity contribution in [1.82, 2.24) is 9.99 Å². The van der Waals surface area contributed by atoms with Gasteiger partial charge in [-0.15, -0.1) is 0 Å². The zero-order valence-corrected chi connectivity index (χ0v) is 16.2. The van der Waals surface area contributed by atoms with E-state index < -0.39 is 0 Å². The van der Waals surface area contributed by atoms with Crippen LogP contribution in [0.5, 0.6) is 0 Å². The number of anilines is 2. The van der Waals surface area contributed by atoms with Crippen molar-refractivity contribution in [2.24, 2.45) is 0 Å². The lowest BCUT2D eigenvalue weighted by Crippen LogP contribution is -2.39. The maximum atomic E-state index is 13.3. The van der Waals surface area contributed by atoms with Gasteiger partial charge in [0.25, 0.3) is 5.91 Å². The van der Waals surface area contributed by atoms with Crippen LogP contribution in [-0.2, 0) is 4.79 Å². The highest BCUT2D eigenvalue weighted by Gasteiger charge is 2.36. The van der Waals surface area contributed by atoms with Crippen LogP contribution in [0.15, 0.2) is 72.9 Å². The fourth-order valence-corrected chi connectivity index (χ4v) is 3.35. The molecule has 0 unspecified atom stereocenters. The van der Waals surface area contributed by atoms with Crippen molar-refractivity contribution in [1.29, 1.82) is 0 Å². The molecule has 2 aromatic carbocycles. The fourth-order valence-electron chi connectivity index (χ4n) is 3.35. The number of amides is 2. The number of nitrogens with one attached hydrogen (secondary N) is 1. The number of rotatable bonds is 4. The summed E-state index contributed by atoms with van der Waals surface area (Å²) in [5, 5.41) is 6.13. The molecule has 0 spiro atoms. The molecular formula is C23H20N4O2. The number of hydrogen-bond acceptors (Lipinski definition) is 4. The minimum absolute atomic E-state index is 0.148. The van der Waals surface area contributed by atoms with Gasteiger partial charge in [0.05, 0.1) is 11.3 Å². The molecule has 4 rings (SSSR count). The van der Waals surface area contributed by atoms with Gasteiger partial charge in [0, 0.05) is 31.4 Å². The first-order valence-corrected chi connectivity index (χ1v) is 9.22. The third kappa shape index (κ3) is 3.60. The van der Waals surface area contributed by atoms with Crippen LogP contribution < -0.4 is 10.3 Å². The molecule has 1 aliphatic heterocycles. The first kappa shape index (κ1) is 18.4. The Labute approximate surface area is 169 Å². The van der Waals surface area contributed by atoms with Gasteiger partial charge in [0.1, 0.15) is 5.82 Å². The standard InChI is InChI=1S/C23H20N4O2/c1-16(28)25-18-11-12-19-20(15-18)21(14-17-8-4-3-5-9-17)27(23(19)29)26(2)22-10-6-7-13-24-22/h3-15H,1-2H3,(H,25,28)/b21-14-. The molecule has 1 aromatic heterocycles. The van der Waals surface area contributed by atoms with Crippen molar-refractivity contribution in [2.75, 3.05) is 17.4 Å². The van der Waals surface area contributed by atoms with E-state index in [4.69, 9.17) is 0 Å². The average Bonchev–Trinajstić information content (AvgIpc) is 2.99. The first-order chi connectivity index (χ1) is 14.0. The third-order valence-electron chi connectivity index (χ3n) is 4.65. The SMILES string of the molecule is CC(=O)Nc1ccc2c(c1)/C(=C/c1ccccc1)N(N(C)c1ccccn1)C2=O. The molecule has 1 aliphatic rings. The quantitative estimate of drug-likeness (QED) is 0.737. The molecule has 1 N–H and O–H groups in total. The van der Waals surface area contributed by atoms with E-state index in [2.05, 4.69) is 10.3 Å². The molecular weight excluding hydrogens is 364 g/mol. The number of carbonyl (C=O) groups excluding carboxylic acids is 2. The summed E-state index contributed by atoms with van der Waals surface area (Å²) in [4.78, 5) is 29.1. The fraction of sp³-hybridized carbons (Fsp3) is 0.0870. The number of hydrogen-bond donors (Lipinski definition) is 1. The maximum absolute atomic E-state index is 13.3. The summed E-state index contributed by atoms with van der Waals surface area (Å²) in [5.74, 6) is 0.338. The summed E-state index contributed by atoms with van der Waals surface area (Å²) >= 11 is 0. The summed E-state index contributed by atoms with van der Waals surface area (Å²) in [6.45, 7) is 1.46. The Balaban J connectivity index is 1.85. The predicted molar refractivity (Wildman–Crippen MR) is 114 cm³/mol. The van der Waals surface area contributed by atoms with Gasteiger partial charge >= 0.3 is 0 Å². The highest BCUT2D eigenvalue weighted by molar-refractivity contribution is 6.13. The van der Waals surface area contributed by atoms with Crippen LogP contribution in [0.25, 0.3) is 11.8 Å². The van der Waals surface area contributed by atoms with Gasteiger partial charge in [-0.25, -0.2) is 9.99 Å². The lowest BCUT2D eigenvalue weighted by atomic mass is 10.1. The lowest BCUT2D eigenvalue weighted by molar-refractivity contribution is -0.114. The molecule has 2 amide bonds. The van der Waals surface area contributed by atoms with E-state index in [1.165, 1.54) is 6.92 Å². The van der Waals surface area contributed by atoms with Gasteiger partial charge in [-0.3, -0.25) is 14.6 Å². The molecule has 6 nitrogen and oxygen atoms in total.